The quantitative estimate of drug-likeness (QED) is 0.591. The van der Waals surface area contributed by atoms with Crippen LogP contribution in [0.2, 0.25) is 0 Å². The summed E-state index contributed by atoms with van der Waals surface area (Å²) in [5, 5.41) is -0.524. The van der Waals surface area contributed by atoms with E-state index >= 15 is 0 Å². The lowest BCUT2D eigenvalue weighted by Crippen LogP contribution is -2.16. The molecule has 0 aromatic carbocycles. The molecule has 3 heteroatoms. The van der Waals surface area contributed by atoms with Crippen molar-refractivity contribution in [3.63, 3.8) is 0 Å². The Kier molecular flexibility index (Phi) is 2.02. The van der Waals surface area contributed by atoms with Gasteiger partial charge in [0.2, 0.25) is 5.16 Å². The summed E-state index contributed by atoms with van der Waals surface area (Å²) in [6, 6.07) is 0. The highest BCUT2D eigenvalue weighted by molar-refractivity contribution is 7.40. The Bertz CT molecular complexity index is 208. The molecule has 1 rings (SSSR count). The van der Waals surface area contributed by atoms with Gasteiger partial charge in [0.15, 0.2) is 0 Å². The Morgan fingerprint density at radius 3 is 2.60 bits per heavy atom. The predicted molar refractivity (Wildman–Crippen MR) is 41.1 cm³/mol. The second kappa shape index (κ2) is 2.65. The minimum atomic E-state index is -2.09. The molecule has 1 aliphatic rings. The Balaban J connectivity index is 2.80. The van der Waals surface area contributed by atoms with E-state index in [0.717, 1.165) is 0 Å². The van der Waals surface area contributed by atoms with E-state index in [-0.39, 0.29) is 0 Å². The maximum atomic E-state index is 10.7. The lowest BCUT2D eigenvalue weighted by Gasteiger charge is -2.10. The van der Waals surface area contributed by atoms with Crippen molar-refractivity contribution in [1.82, 2.24) is 0 Å². The first-order valence-electron chi connectivity index (χ1n) is 3.16. The molecule has 1 aliphatic carbocycles. The van der Waals surface area contributed by atoms with Crippen LogP contribution in [0.4, 0.5) is 0 Å². The molecule has 0 fully saturated rings. The van der Waals surface area contributed by atoms with Crippen LogP contribution in [0, 0.1) is 0 Å². The topological polar surface area (TPSA) is 37.3 Å². The summed E-state index contributed by atoms with van der Waals surface area (Å²) in [4.78, 5) is 8.86. The fraction of sp³-hybridized carbons (Fsp3) is 0.429. The van der Waals surface area contributed by atoms with Crippen LogP contribution in [-0.2, 0) is 4.57 Å². The van der Waals surface area contributed by atoms with Gasteiger partial charge in [0.25, 0.3) is 0 Å². The SMILES string of the molecule is CC1([P+](=O)O)C=CC=CC1. The Morgan fingerprint density at radius 2 is 2.30 bits per heavy atom. The van der Waals surface area contributed by atoms with Crippen molar-refractivity contribution in [2.75, 3.05) is 0 Å². The molecule has 0 aromatic heterocycles. The molecule has 0 bridgehead atoms. The van der Waals surface area contributed by atoms with Crippen LogP contribution in [0.5, 0.6) is 0 Å². The summed E-state index contributed by atoms with van der Waals surface area (Å²) in [6.45, 7) is 1.78. The van der Waals surface area contributed by atoms with Gasteiger partial charge in [0, 0.05) is 6.42 Å². The summed E-state index contributed by atoms with van der Waals surface area (Å²) < 4.78 is 10.7. The molecule has 2 atom stereocenters. The van der Waals surface area contributed by atoms with E-state index in [1.165, 1.54) is 0 Å². The maximum Gasteiger partial charge on any atom is 0.516 e. The molecule has 0 aliphatic heterocycles. The molecule has 0 spiro atoms. The van der Waals surface area contributed by atoms with Gasteiger partial charge in [-0.15, -0.1) is 0 Å². The van der Waals surface area contributed by atoms with Gasteiger partial charge in [-0.2, -0.15) is 4.89 Å². The van der Waals surface area contributed by atoms with Crippen molar-refractivity contribution >= 4 is 8.03 Å². The van der Waals surface area contributed by atoms with E-state index in [1.54, 1.807) is 13.0 Å². The van der Waals surface area contributed by atoms with Crippen molar-refractivity contribution in [1.29, 1.82) is 0 Å². The molecule has 0 aromatic rings. The summed E-state index contributed by atoms with van der Waals surface area (Å²) in [5.74, 6) is 0. The van der Waals surface area contributed by atoms with E-state index in [4.69, 9.17) is 4.89 Å². The predicted octanol–water partition coefficient (Wildman–Crippen LogP) is 2.00. The molecule has 0 heterocycles. The van der Waals surface area contributed by atoms with Crippen molar-refractivity contribution < 1.29 is 9.46 Å². The minimum absolute atomic E-state index is 0.524. The van der Waals surface area contributed by atoms with Gasteiger partial charge in [-0.3, -0.25) is 0 Å². The van der Waals surface area contributed by atoms with Crippen molar-refractivity contribution in [2.24, 2.45) is 0 Å². The molecule has 10 heavy (non-hydrogen) atoms. The molecular formula is C7H10O2P+. The van der Waals surface area contributed by atoms with Crippen molar-refractivity contribution in [3.05, 3.63) is 24.3 Å². The highest BCUT2D eigenvalue weighted by Gasteiger charge is 2.41. The van der Waals surface area contributed by atoms with Crippen LogP contribution in [-0.4, -0.2) is 10.0 Å². The Hall–Kier alpha value is -0.460. The number of allylic oxidation sites excluding steroid dienone is 4. The lowest BCUT2D eigenvalue weighted by atomic mass is 10.0. The molecular weight excluding hydrogens is 147 g/mol. The average molecular weight is 157 g/mol. The van der Waals surface area contributed by atoms with E-state index in [0.29, 0.717) is 6.42 Å². The molecule has 54 valence electrons. The van der Waals surface area contributed by atoms with Crippen LogP contribution in [0.15, 0.2) is 24.3 Å². The normalized spacial score (nSPS) is 32.4. The van der Waals surface area contributed by atoms with Crippen LogP contribution >= 0.6 is 8.03 Å². The third-order valence-corrected chi connectivity index (χ3v) is 2.88. The maximum absolute atomic E-state index is 10.7. The molecule has 2 unspecified atom stereocenters. The van der Waals surface area contributed by atoms with Gasteiger partial charge in [0.05, 0.1) is 0 Å². The van der Waals surface area contributed by atoms with Crippen LogP contribution in [0.3, 0.4) is 0 Å². The van der Waals surface area contributed by atoms with E-state index in [9.17, 15) is 4.57 Å². The van der Waals surface area contributed by atoms with Gasteiger partial charge in [-0.05, 0) is 17.6 Å². The average Bonchev–Trinajstić information content (AvgIpc) is 1.89. The summed E-state index contributed by atoms with van der Waals surface area (Å²) in [7, 11) is -2.09. The van der Waals surface area contributed by atoms with E-state index in [1.807, 2.05) is 18.2 Å². The molecule has 0 saturated heterocycles. The van der Waals surface area contributed by atoms with E-state index in [2.05, 4.69) is 0 Å². The highest BCUT2D eigenvalue weighted by atomic mass is 31.1. The zero-order valence-electron chi connectivity index (χ0n) is 5.82. The van der Waals surface area contributed by atoms with Crippen LogP contribution < -0.4 is 0 Å². The van der Waals surface area contributed by atoms with Crippen LogP contribution in [0.25, 0.3) is 0 Å². The monoisotopic (exact) mass is 157 g/mol. The first kappa shape index (κ1) is 7.64. The van der Waals surface area contributed by atoms with Gasteiger partial charge in [-0.1, -0.05) is 18.2 Å². The standard InChI is InChI=1S/C7H9O2P/c1-7(10(8)9)5-3-2-4-6-7/h2-5H,6H2,1H3/p+1. The number of hydrogen-bond donors (Lipinski definition) is 1. The second-order valence-electron chi connectivity index (χ2n) is 2.62. The molecule has 0 amide bonds. The fourth-order valence-corrected chi connectivity index (χ4v) is 1.33. The number of rotatable bonds is 1. The van der Waals surface area contributed by atoms with Crippen molar-refractivity contribution in [3.8, 4) is 0 Å². The largest absolute Gasteiger partial charge is 0.516 e. The molecule has 1 N–H and O–H groups in total. The molecule has 2 nitrogen and oxygen atoms in total. The van der Waals surface area contributed by atoms with Crippen LogP contribution in [0.1, 0.15) is 13.3 Å². The third-order valence-electron chi connectivity index (χ3n) is 1.67. The van der Waals surface area contributed by atoms with Gasteiger partial charge in [-0.25, -0.2) is 0 Å². The Labute approximate surface area is 61.1 Å². The highest BCUT2D eigenvalue weighted by Crippen LogP contribution is 2.40. The second-order valence-corrected chi connectivity index (χ2v) is 4.19. The number of hydrogen-bond acceptors (Lipinski definition) is 1. The summed E-state index contributed by atoms with van der Waals surface area (Å²) in [6.07, 6.45) is 8.05. The first-order valence-corrected chi connectivity index (χ1v) is 4.37. The first-order chi connectivity index (χ1) is 4.65. The Morgan fingerprint density at radius 1 is 1.60 bits per heavy atom. The fourth-order valence-electron chi connectivity index (χ4n) is 0.858. The van der Waals surface area contributed by atoms with Gasteiger partial charge >= 0.3 is 8.03 Å². The lowest BCUT2D eigenvalue weighted by molar-refractivity contribution is 0.475. The summed E-state index contributed by atoms with van der Waals surface area (Å²) in [5.41, 5.74) is 0. The zero-order valence-corrected chi connectivity index (χ0v) is 6.71. The van der Waals surface area contributed by atoms with Gasteiger partial charge in [0.1, 0.15) is 0 Å². The smallest absolute Gasteiger partial charge is 0.160 e. The van der Waals surface area contributed by atoms with Gasteiger partial charge < -0.3 is 0 Å². The zero-order chi connectivity index (χ0) is 7.61. The third kappa shape index (κ3) is 1.34. The minimum Gasteiger partial charge on any atom is -0.160 e. The molecule has 0 radical (unpaired) electrons. The van der Waals surface area contributed by atoms with E-state index < -0.39 is 13.2 Å². The molecule has 0 saturated carbocycles. The van der Waals surface area contributed by atoms with Crippen molar-refractivity contribution in [2.45, 2.75) is 18.5 Å². The summed E-state index contributed by atoms with van der Waals surface area (Å²) >= 11 is 0.